The van der Waals surface area contributed by atoms with E-state index in [0.717, 1.165) is 0 Å². The molecule has 23 heavy (non-hydrogen) atoms. The van der Waals surface area contributed by atoms with Gasteiger partial charge in [-0.05, 0) is 19.1 Å². The van der Waals surface area contributed by atoms with E-state index in [4.69, 9.17) is 4.42 Å². The summed E-state index contributed by atoms with van der Waals surface area (Å²) in [4.78, 5) is 20.4. The van der Waals surface area contributed by atoms with Gasteiger partial charge in [0.25, 0.3) is 0 Å². The SMILES string of the molecule is CC(C)(C)c1ncc(NC(=O)NC[C@@](C)(O)c2ccco2)cn1. The standard InChI is InChI=1S/C16H22N4O3/c1-15(2,3)13-17-8-11(9-18-13)20-14(21)19-10-16(4,22)12-6-5-7-23-12/h5-9,22H,10H2,1-4H3,(H2,19,20,21)/t16-/m1/s1. The summed E-state index contributed by atoms with van der Waals surface area (Å²) in [5, 5.41) is 15.5. The summed E-state index contributed by atoms with van der Waals surface area (Å²) >= 11 is 0. The highest BCUT2D eigenvalue weighted by molar-refractivity contribution is 5.88. The van der Waals surface area contributed by atoms with Gasteiger partial charge in [-0.25, -0.2) is 14.8 Å². The molecular formula is C16H22N4O3. The van der Waals surface area contributed by atoms with E-state index in [1.165, 1.54) is 6.26 Å². The summed E-state index contributed by atoms with van der Waals surface area (Å²) in [6, 6.07) is 2.88. The lowest BCUT2D eigenvalue weighted by Gasteiger charge is -2.21. The molecule has 0 aliphatic rings. The van der Waals surface area contributed by atoms with Gasteiger partial charge < -0.3 is 20.2 Å². The summed E-state index contributed by atoms with van der Waals surface area (Å²) in [6.45, 7) is 7.61. The van der Waals surface area contributed by atoms with Gasteiger partial charge in [0.1, 0.15) is 17.2 Å². The molecule has 0 bridgehead atoms. The molecule has 1 atom stereocenters. The van der Waals surface area contributed by atoms with Crippen molar-refractivity contribution < 1.29 is 14.3 Å². The van der Waals surface area contributed by atoms with E-state index in [-0.39, 0.29) is 12.0 Å². The van der Waals surface area contributed by atoms with Gasteiger partial charge in [0.15, 0.2) is 0 Å². The van der Waals surface area contributed by atoms with Crippen LogP contribution in [0.25, 0.3) is 0 Å². The number of aliphatic hydroxyl groups is 1. The highest BCUT2D eigenvalue weighted by Gasteiger charge is 2.26. The van der Waals surface area contributed by atoms with E-state index in [1.54, 1.807) is 31.5 Å². The molecule has 0 radical (unpaired) electrons. The maximum atomic E-state index is 11.9. The van der Waals surface area contributed by atoms with Crippen molar-refractivity contribution in [3.05, 3.63) is 42.4 Å². The van der Waals surface area contributed by atoms with Crippen LogP contribution in [0.5, 0.6) is 0 Å². The van der Waals surface area contributed by atoms with Crippen molar-refractivity contribution in [1.82, 2.24) is 15.3 Å². The topological polar surface area (TPSA) is 100 Å². The van der Waals surface area contributed by atoms with Crippen molar-refractivity contribution in [2.24, 2.45) is 0 Å². The van der Waals surface area contributed by atoms with Crippen molar-refractivity contribution in [1.29, 1.82) is 0 Å². The van der Waals surface area contributed by atoms with Crippen molar-refractivity contribution >= 4 is 11.7 Å². The Kier molecular flexibility index (Phi) is 4.70. The van der Waals surface area contributed by atoms with Crippen LogP contribution in [0, 0.1) is 0 Å². The predicted molar refractivity (Wildman–Crippen MR) is 86.0 cm³/mol. The number of hydrogen-bond donors (Lipinski definition) is 3. The zero-order valence-electron chi connectivity index (χ0n) is 13.8. The number of aromatic nitrogens is 2. The number of hydrogen-bond acceptors (Lipinski definition) is 5. The average molecular weight is 318 g/mol. The number of nitrogens with zero attached hydrogens (tertiary/aromatic N) is 2. The molecule has 2 aromatic heterocycles. The van der Waals surface area contributed by atoms with Crippen LogP contribution in [-0.4, -0.2) is 27.7 Å². The van der Waals surface area contributed by atoms with Gasteiger partial charge in [0, 0.05) is 5.41 Å². The molecule has 2 rings (SSSR count). The van der Waals surface area contributed by atoms with Crippen LogP contribution < -0.4 is 10.6 Å². The second kappa shape index (κ2) is 6.37. The predicted octanol–water partition coefficient (Wildman–Crippen LogP) is 2.40. The number of furan rings is 1. The van der Waals surface area contributed by atoms with E-state index in [2.05, 4.69) is 20.6 Å². The molecule has 0 unspecified atom stereocenters. The molecule has 0 aliphatic carbocycles. The Bertz CT molecular complexity index is 643. The van der Waals surface area contributed by atoms with Crippen molar-refractivity contribution in [2.75, 3.05) is 11.9 Å². The molecule has 3 N–H and O–H groups in total. The van der Waals surface area contributed by atoms with Gasteiger partial charge in [-0.3, -0.25) is 0 Å². The molecule has 0 spiro atoms. The first-order chi connectivity index (χ1) is 10.7. The third-order valence-corrected chi connectivity index (χ3v) is 3.23. The number of nitrogens with one attached hydrogen (secondary N) is 2. The number of anilines is 1. The number of amides is 2. The Morgan fingerprint density at radius 1 is 1.26 bits per heavy atom. The zero-order valence-corrected chi connectivity index (χ0v) is 13.8. The van der Waals surface area contributed by atoms with E-state index in [9.17, 15) is 9.90 Å². The maximum absolute atomic E-state index is 11.9. The molecule has 7 heteroatoms. The molecular weight excluding hydrogens is 296 g/mol. The molecule has 2 heterocycles. The number of urea groups is 1. The molecule has 124 valence electrons. The second-order valence-electron chi connectivity index (χ2n) is 6.60. The van der Waals surface area contributed by atoms with Crippen molar-refractivity contribution in [2.45, 2.75) is 38.7 Å². The van der Waals surface area contributed by atoms with E-state index in [1.807, 2.05) is 20.8 Å². The van der Waals surface area contributed by atoms with Gasteiger partial charge in [-0.2, -0.15) is 0 Å². The normalized spacial score (nSPS) is 14.1. The van der Waals surface area contributed by atoms with Crippen LogP contribution in [0.15, 0.2) is 35.2 Å². The molecule has 7 nitrogen and oxygen atoms in total. The smallest absolute Gasteiger partial charge is 0.319 e. The maximum Gasteiger partial charge on any atom is 0.319 e. The van der Waals surface area contributed by atoms with Gasteiger partial charge in [-0.15, -0.1) is 0 Å². The first-order valence-corrected chi connectivity index (χ1v) is 7.32. The minimum Gasteiger partial charge on any atom is -0.466 e. The van der Waals surface area contributed by atoms with Crippen LogP contribution in [0.1, 0.15) is 39.3 Å². The lowest BCUT2D eigenvalue weighted by molar-refractivity contribution is 0.0372. The fourth-order valence-corrected chi connectivity index (χ4v) is 1.88. The molecule has 0 fully saturated rings. The van der Waals surface area contributed by atoms with Crippen LogP contribution >= 0.6 is 0 Å². The third kappa shape index (κ3) is 4.53. The van der Waals surface area contributed by atoms with Crippen LogP contribution in [0.3, 0.4) is 0 Å². The van der Waals surface area contributed by atoms with E-state index < -0.39 is 11.6 Å². The van der Waals surface area contributed by atoms with Gasteiger partial charge in [0.05, 0.1) is 30.9 Å². The summed E-state index contributed by atoms with van der Waals surface area (Å²) in [7, 11) is 0. The summed E-state index contributed by atoms with van der Waals surface area (Å²) in [6.07, 6.45) is 4.58. The van der Waals surface area contributed by atoms with E-state index >= 15 is 0 Å². The van der Waals surface area contributed by atoms with Crippen LogP contribution in [0.2, 0.25) is 0 Å². The highest BCUT2D eigenvalue weighted by Crippen LogP contribution is 2.20. The fraction of sp³-hybridized carbons (Fsp3) is 0.438. The Hall–Kier alpha value is -2.41. The Morgan fingerprint density at radius 3 is 2.43 bits per heavy atom. The monoisotopic (exact) mass is 318 g/mol. The second-order valence-corrected chi connectivity index (χ2v) is 6.60. The molecule has 0 aromatic carbocycles. The fourth-order valence-electron chi connectivity index (χ4n) is 1.88. The molecule has 2 amide bonds. The summed E-state index contributed by atoms with van der Waals surface area (Å²) < 4.78 is 5.15. The van der Waals surface area contributed by atoms with Crippen molar-refractivity contribution in [3.63, 3.8) is 0 Å². The third-order valence-electron chi connectivity index (χ3n) is 3.23. The quantitative estimate of drug-likeness (QED) is 0.803. The van der Waals surface area contributed by atoms with Gasteiger partial charge in [0.2, 0.25) is 0 Å². The average Bonchev–Trinajstić information content (AvgIpc) is 3.00. The lowest BCUT2D eigenvalue weighted by Crippen LogP contribution is -2.40. The van der Waals surface area contributed by atoms with Crippen molar-refractivity contribution in [3.8, 4) is 0 Å². The van der Waals surface area contributed by atoms with Gasteiger partial charge >= 0.3 is 6.03 Å². The Balaban J connectivity index is 1.90. The summed E-state index contributed by atoms with van der Waals surface area (Å²) in [5.74, 6) is 1.08. The number of rotatable bonds is 4. The van der Waals surface area contributed by atoms with Crippen LogP contribution in [0.4, 0.5) is 10.5 Å². The minimum absolute atomic E-state index is 0.00722. The number of carbonyl (C=O) groups is 1. The minimum atomic E-state index is -1.28. The Labute approximate surface area is 135 Å². The first-order valence-electron chi connectivity index (χ1n) is 7.32. The first kappa shape index (κ1) is 17.0. The van der Waals surface area contributed by atoms with Gasteiger partial charge in [-0.1, -0.05) is 20.8 Å². The summed E-state index contributed by atoms with van der Waals surface area (Å²) in [5.41, 5.74) is -0.955. The van der Waals surface area contributed by atoms with E-state index in [0.29, 0.717) is 17.3 Å². The molecule has 0 saturated carbocycles. The molecule has 2 aromatic rings. The molecule has 0 aliphatic heterocycles. The number of carbonyl (C=O) groups excluding carboxylic acids is 1. The Morgan fingerprint density at radius 2 is 1.91 bits per heavy atom. The largest absolute Gasteiger partial charge is 0.466 e. The molecule has 0 saturated heterocycles. The lowest BCUT2D eigenvalue weighted by atomic mass is 9.96. The van der Waals surface area contributed by atoms with Crippen LogP contribution in [-0.2, 0) is 11.0 Å². The highest BCUT2D eigenvalue weighted by atomic mass is 16.4. The zero-order chi connectivity index (χ0) is 17.1.